The molecule has 0 saturated heterocycles. The second-order valence-corrected chi connectivity index (χ2v) is 5.45. The van der Waals surface area contributed by atoms with Crippen LogP contribution in [0.2, 0.25) is 5.02 Å². The molecule has 0 saturated carbocycles. The van der Waals surface area contributed by atoms with Crippen LogP contribution in [0.3, 0.4) is 0 Å². The van der Waals surface area contributed by atoms with Crippen molar-refractivity contribution in [1.29, 1.82) is 0 Å². The Kier molecular flexibility index (Phi) is 4.20. The molecule has 0 unspecified atom stereocenters. The summed E-state index contributed by atoms with van der Waals surface area (Å²) < 4.78 is 10.7. The number of hydrogen-bond acceptors (Lipinski definition) is 3. The molecule has 0 bridgehead atoms. The first kappa shape index (κ1) is 14.7. The zero-order valence-corrected chi connectivity index (χ0v) is 13.0. The Labute approximate surface area is 134 Å². The maximum Gasteiger partial charge on any atom is 0.254 e. The van der Waals surface area contributed by atoms with E-state index >= 15 is 0 Å². The molecular formula is C17H16ClNO3. The highest BCUT2D eigenvalue weighted by Crippen LogP contribution is 2.32. The van der Waals surface area contributed by atoms with E-state index in [1.807, 2.05) is 25.1 Å². The lowest BCUT2D eigenvalue weighted by Crippen LogP contribution is -2.30. The molecule has 114 valence electrons. The summed E-state index contributed by atoms with van der Waals surface area (Å²) in [5.41, 5.74) is 1.59. The van der Waals surface area contributed by atoms with Crippen molar-refractivity contribution in [1.82, 2.24) is 4.90 Å². The molecule has 0 spiro atoms. The van der Waals surface area contributed by atoms with Crippen molar-refractivity contribution < 1.29 is 14.3 Å². The summed E-state index contributed by atoms with van der Waals surface area (Å²) in [7, 11) is 0. The molecule has 3 rings (SSSR count). The number of carbonyl (C=O) groups is 1. The normalized spacial score (nSPS) is 12.3. The first-order chi connectivity index (χ1) is 10.7. The minimum atomic E-state index is -0.0392. The van der Waals surface area contributed by atoms with E-state index in [9.17, 15) is 4.79 Å². The molecule has 0 atom stereocenters. The Morgan fingerprint density at radius 3 is 2.77 bits per heavy atom. The molecule has 0 N–H and O–H groups in total. The van der Waals surface area contributed by atoms with Gasteiger partial charge >= 0.3 is 0 Å². The fourth-order valence-electron chi connectivity index (χ4n) is 2.39. The topological polar surface area (TPSA) is 38.8 Å². The van der Waals surface area contributed by atoms with Crippen LogP contribution in [0.25, 0.3) is 0 Å². The van der Waals surface area contributed by atoms with E-state index in [1.54, 1.807) is 29.2 Å². The minimum Gasteiger partial charge on any atom is -0.454 e. The van der Waals surface area contributed by atoms with Gasteiger partial charge in [-0.2, -0.15) is 0 Å². The van der Waals surface area contributed by atoms with Crippen LogP contribution < -0.4 is 9.47 Å². The van der Waals surface area contributed by atoms with E-state index in [0.29, 0.717) is 23.7 Å². The molecule has 2 aromatic carbocycles. The Balaban J connectivity index is 1.78. The molecule has 1 aliphatic rings. The highest BCUT2D eigenvalue weighted by atomic mass is 35.5. The average Bonchev–Trinajstić information content (AvgIpc) is 2.99. The monoisotopic (exact) mass is 317 g/mol. The van der Waals surface area contributed by atoms with E-state index in [1.165, 1.54) is 0 Å². The molecule has 2 aromatic rings. The van der Waals surface area contributed by atoms with Crippen LogP contribution in [0.4, 0.5) is 0 Å². The number of nitrogens with zero attached hydrogens (tertiary/aromatic N) is 1. The molecule has 1 heterocycles. The Bertz CT molecular complexity index is 702. The van der Waals surface area contributed by atoms with Crippen LogP contribution in [0, 0.1) is 0 Å². The Hall–Kier alpha value is -2.20. The molecule has 0 aliphatic carbocycles. The maximum absolute atomic E-state index is 12.6. The summed E-state index contributed by atoms with van der Waals surface area (Å²) in [4.78, 5) is 14.3. The van der Waals surface area contributed by atoms with Gasteiger partial charge in [-0.15, -0.1) is 0 Å². The number of benzene rings is 2. The highest BCUT2D eigenvalue weighted by molar-refractivity contribution is 6.30. The van der Waals surface area contributed by atoms with Crippen molar-refractivity contribution >= 4 is 17.5 Å². The van der Waals surface area contributed by atoms with Crippen molar-refractivity contribution in [3.05, 3.63) is 58.6 Å². The van der Waals surface area contributed by atoms with Gasteiger partial charge in [0.15, 0.2) is 11.5 Å². The summed E-state index contributed by atoms with van der Waals surface area (Å²) in [6.07, 6.45) is 0. The average molecular weight is 318 g/mol. The summed E-state index contributed by atoms with van der Waals surface area (Å²) in [6, 6.07) is 12.7. The van der Waals surface area contributed by atoms with Gasteiger partial charge in [-0.1, -0.05) is 23.7 Å². The van der Waals surface area contributed by atoms with Gasteiger partial charge in [-0.25, -0.2) is 0 Å². The summed E-state index contributed by atoms with van der Waals surface area (Å²) >= 11 is 5.96. The summed E-state index contributed by atoms with van der Waals surface area (Å²) in [6.45, 7) is 3.32. The van der Waals surface area contributed by atoms with Crippen molar-refractivity contribution in [3.8, 4) is 11.5 Å². The third-order valence-corrected chi connectivity index (χ3v) is 3.79. The third kappa shape index (κ3) is 3.02. The number of fused-ring (bicyclic) bond motifs is 1. The minimum absolute atomic E-state index is 0.0392. The predicted octanol–water partition coefficient (Wildman–Crippen LogP) is 3.73. The Morgan fingerprint density at radius 1 is 1.18 bits per heavy atom. The zero-order valence-electron chi connectivity index (χ0n) is 12.2. The molecule has 4 nitrogen and oxygen atoms in total. The molecular weight excluding hydrogens is 302 g/mol. The van der Waals surface area contributed by atoms with Gasteiger partial charge in [-0.05, 0) is 42.8 Å². The first-order valence-corrected chi connectivity index (χ1v) is 7.48. The van der Waals surface area contributed by atoms with Gasteiger partial charge in [0.05, 0.1) is 0 Å². The first-order valence-electron chi connectivity index (χ1n) is 7.10. The predicted molar refractivity (Wildman–Crippen MR) is 84.4 cm³/mol. The highest BCUT2D eigenvalue weighted by Gasteiger charge is 2.17. The van der Waals surface area contributed by atoms with Gasteiger partial charge in [0, 0.05) is 23.7 Å². The molecule has 0 aromatic heterocycles. The van der Waals surface area contributed by atoms with Crippen molar-refractivity contribution in [2.45, 2.75) is 13.5 Å². The van der Waals surface area contributed by atoms with Crippen LogP contribution in [0.1, 0.15) is 22.8 Å². The summed E-state index contributed by atoms with van der Waals surface area (Å²) in [5.74, 6) is 1.43. The number of rotatable bonds is 4. The van der Waals surface area contributed by atoms with Gasteiger partial charge in [0.25, 0.3) is 5.91 Å². The standard InChI is InChI=1S/C17H16ClNO3/c1-2-19(17(20)13-4-3-5-14(18)9-13)10-12-6-7-15-16(8-12)22-11-21-15/h3-9H,2,10-11H2,1H3. The smallest absolute Gasteiger partial charge is 0.254 e. The van der Waals surface area contributed by atoms with Crippen LogP contribution in [0.5, 0.6) is 11.5 Å². The molecule has 0 radical (unpaired) electrons. The van der Waals surface area contributed by atoms with E-state index in [4.69, 9.17) is 21.1 Å². The molecule has 1 aliphatic heterocycles. The third-order valence-electron chi connectivity index (χ3n) is 3.55. The van der Waals surface area contributed by atoms with Gasteiger partial charge in [-0.3, -0.25) is 4.79 Å². The number of carbonyl (C=O) groups excluding carboxylic acids is 1. The van der Waals surface area contributed by atoms with Crippen LogP contribution in [-0.4, -0.2) is 24.1 Å². The fourth-order valence-corrected chi connectivity index (χ4v) is 2.58. The van der Waals surface area contributed by atoms with E-state index in [0.717, 1.165) is 17.1 Å². The van der Waals surface area contributed by atoms with Crippen LogP contribution in [0.15, 0.2) is 42.5 Å². The van der Waals surface area contributed by atoms with Crippen molar-refractivity contribution in [2.75, 3.05) is 13.3 Å². The number of halogens is 1. The maximum atomic E-state index is 12.6. The zero-order chi connectivity index (χ0) is 15.5. The van der Waals surface area contributed by atoms with Gasteiger partial charge < -0.3 is 14.4 Å². The lowest BCUT2D eigenvalue weighted by molar-refractivity contribution is 0.0752. The quantitative estimate of drug-likeness (QED) is 0.862. The second kappa shape index (κ2) is 6.28. The van der Waals surface area contributed by atoms with Crippen molar-refractivity contribution in [3.63, 3.8) is 0 Å². The number of hydrogen-bond donors (Lipinski definition) is 0. The largest absolute Gasteiger partial charge is 0.454 e. The fraction of sp³-hybridized carbons (Fsp3) is 0.235. The molecule has 22 heavy (non-hydrogen) atoms. The number of amides is 1. The lowest BCUT2D eigenvalue weighted by Gasteiger charge is -2.21. The van der Waals surface area contributed by atoms with Crippen LogP contribution in [-0.2, 0) is 6.54 Å². The van der Waals surface area contributed by atoms with E-state index in [-0.39, 0.29) is 12.7 Å². The molecule has 0 fully saturated rings. The van der Waals surface area contributed by atoms with E-state index in [2.05, 4.69) is 0 Å². The second-order valence-electron chi connectivity index (χ2n) is 5.02. The molecule has 1 amide bonds. The SMILES string of the molecule is CCN(Cc1ccc2c(c1)OCO2)C(=O)c1cccc(Cl)c1. The molecule has 5 heteroatoms. The Morgan fingerprint density at radius 2 is 2.00 bits per heavy atom. The van der Waals surface area contributed by atoms with Gasteiger partial charge in [0.2, 0.25) is 6.79 Å². The van der Waals surface area contributed by atoms with Crippen LogP contribution >= 0.6 is 11.6 Å². The lowest BCUT2D eigenvalue weighted by atomic mass is 10.1. The van der Waals surface area contributed by atoms with E-state index < -0.39 is 0 Å². The number of ether oxygens (including phenoxy) is 2. The summed E-state index contributed by atoms with van der Waals surface area (Å²) in [5, 5.41) is 0.560. The van der Waals surface area contributed by atoms with Crippen molar-refractivity contribution in [2.24, 2.45) is 0 Å². The van der Waals surface area contributed by atoms with Gasteiger partial charge in [0.1, 0.15) is 0 Å².